The molecule has 5 nitrogen and oxygen atoms in total. The summed E-state index contributed by atoms with van der Waals surface area (Å²) >= 11 is 1.68. The van der Waals surface area contributed by atoms with Gasteiger partial charge in [-0.15, -0.1) is 11.3 Å². The second-order valence-electron chi connectivity index (χ2n) is 6.47. The predicted molar refractivity (Wildman–Crippen MR) is 107 cm³/mol. The van der Waals surface area contributed by atoms with Gasteiger partial charge in [0.05, 0.1) is 24.9 Å². The Kier molecular flexibility index (Phi) is 6.52. The predicted octanol–water partition coefficient (Wildman–Crippen LogP) is 3.15. The molecule has 26 heavy (non-hydrogen) atoms. The number of carbonyl (C=O) groups excluding carboxylic acids is 1. The van der Waals surface area contributed by atoms with E-state index in [2.05, 4.69) is 27.2 Å². The first-order valence-corrected chi connectivity index (χ1v) is 10.1. The molecule has 1 N–H and O–H groups in total. The molecular formula is C20H27N3O2S. The summed E-state index contributed by atoms with van der Waals surface area (Å²) in [5, 5.41) is 5.13. The molecule has 2 heterocycles. The summed E-state index contributed by atoms with van der Waals surface area (Å²) in [5.74, 6) is 1.03. The molecule has 0 aliphatic carbocycles. The number of ether oxygens (including phenoxy) is 1. The first kappa shape index (κ1) is 18.7. The van der Waals surface area contributed by atoms with Gasteiger partial charge in [-0.05, 0) is 37.4 Å². The number of amides is 1. The molecule has 140 valence electrons. The number of thiophene rings is 1. The van der Waals surface area contributed by atoms with Crippen molar-refractivity contribution in [1.29, 1.82) is 0 Å². The number of para-hydroxylation sites is 2. The van der Waals surface area contributed by atoms with E-state index in [1.807, 2.05) is 43.5 Å². The lowest BCUT2D eigenvalue weighted by Crippen LogP contribution is -2.49. The summed E-state index contributed by atoms with van der Waals surface area (Å²) in [5.41, 5.74) is 1.14. The fraction of sp³-hybridized carbons (Fsp3) is 0.450. The van der Waals surface area contributed by atoms with Crippen LogP contribution in [0.3, 0.4) is 0 Å². The second-order valence-corrected chi connectivity index (χ2v) is 7.45. The Morgan fingerprint density at radius 3 is 2.65 bits per heavy atom. The van der Waals surface area contributed by atoms with Crippen molar-refractivity contribution in [2.45, 2.75) is 19.9 Å². The average molecular weight is 374 g/mol. The van der Waals surface area contributed by atoms with Gasteiger partial charge in [0.2, 0.25) is 5.91 Å². The van der Waals surface area contributed by atoms with Gasteiger partial charge in [-0.3, -0.25) is 9.69 Å². The number of carbonyl (C=O) groups is 1. The molecule has 1 fully saturated rings. The summed E-state index contributed by atoms with van der Waals surface area (Å²) in [6.45, 7) is 8.71. The van der Waals surface area contributed by atoms with Crippen molar-refractivity contribution >= 4 is 22.9 Å². The Morgan fingerprint density at radius 2 is 1.96 bits per heavy atom. The number of nitrogens with zero attached hydrogens (tertiary/aromatic N) is 2. The summed E-state index contributed by atoms with van der Waals surface area (Å²) < 4.78 is 5.74. The molecule has 0 bridgehead atoms. The van der Waals surface area contributed by atoms with Gasteiger partial charge in [-0.1, -0.05) is 18.2 Å². The number of rotatable bonds is 7. The van der Waals surface area contributed by atoms with Crippen LogP contribution in [0.4, 0.5) is 5.69 Å². The van der Waals surface area contributed by atoms with Crippen LogP contribution in [0.1, 0.15) is 24.8 Å². The molecule has 0 spiro atoms. The minimum atomic E-state index is 0.0712. The average Bonchev–Trinajstić information content (AvgIpc) is 3.18. The van der Waals surface area contributed by atoms with Gasteiger partial charge >= 0.3 is 0 Å². The van der Waals surface area contributed by atoms with Crippen molar-refractivity contribution < 1.29 is 9.53 Å². The van der Waals surface area contributed by atoms with Crippen LogP contribution in [-0.2, 0) is 4.79 Å². The van der Waals surface area contributed by atoms with E-state index in [-0.39, 0.29) is 11.9 Å². The number of hydrogen-bond donors (Lipinski definition) is 1. The fourth-order valence-electron chi connectivity index (χ4n) is 3.24. The Labute approximate surface area is 159 Å². The van der Waals surface area contributed by atoms with Gasteiger partial charge in [0, 0.05) is 31.1 Å². The maximum Gasteiger partial charge on any atom is 0.234 e. The first-order chi connectivity index (χ1) is 12.7. The monoisotopic (exact) mass is 373 g/mol. The van der Waals surface area contributed by atoms with Gasteiger partial charge in [0.25, 0.3) is 0 Å². The number of nitrogens with one attached hydrogen (secondary N) is 1. The third-order valence-corrected chi connectivity index (χ3v) is 5.65. The lowest BCUT2D eigenvalue weighted by atomic mass is 10.2. The van der Waals surface area contributed by atoms with Crippen molar-refractivity contribution in [3.8, 4) is 5.75 Å². The number of piperazine rings is 1. The summed E-state index contributed by atoms with van der Waals surface area (Å²) in [6.07, 6.45) is 0. The number of anilines is 1. The van der Waals surface area contributed by atoms with Crippen LogP contribution in [0.15, 0.2) is 41.8 Å². The summed E-state index contributed by atoms with van der Waals surface area (Å²) in [4.78, 5) is 18.1. The SMILES string of the molecule is CCOc1ccccc1N1CCN(CC(=O)N[C@H](C)c2cccs2)CC1. The standard InChI is InChI=1S/C20H27N3O2S/c1-3-25-18-8-5-4-7-17(18)23-12-10-22(11-13-23)15-20(24)21-16(2)19-9-6-14-26-19/h4-9,14,16H,3,10-13,15H2,1-2H3,(H,21,24)/t16-/m1/s1. The topological polar surface area (TPSA) is 44.8 Å². The van der Waals surface area contributed by atoms with Gasteiger partial charge in [0.15, 0.2) is 0 Å². The highest BCUT2D eigenvalue weighted by Gasteiger charge is 2.21. The normalized spacial score (nSPS) is 16.3. The molecule has 0 saturated carbocycles. The quantitative estimate of drug-likeness (QED) is 0.810. The molecule has 1 saturated heterocycles. The van der Waals surface area contributed by atoms with Crippen molar-refractivity contribution in [3.63, 3.8) is 0 Å². The van der Waals surface area contributed by atoms with Crippen LogP contribution in [0.5, 0.6) is 5.75 Å². The van der Waals surface area contributed by atoms with Crippen LogP contribution in [0.2, 0.25) is 0 Å². The van der Waals surface area contributed by atoms with Gasteiger partial charge < -0.3 is 15.0 Å². The van der Waals surface area contributed by atoms with Crippen LogP contribution < -0.4 is 15.0 Å². The van der Waals surface area contributed by atoms with Crippen molar-refractivity contribution in [2.75, 3.05) is 44.2 Å². The molecule has 2 aromatic rings. The maximum absolute atomic E-state index is 12.3. The van der Waals surface area contributed by atoms with E-state index < -0.39 is 0 Å². The lowest BCUT2D eigenvalue weighted by molar-refractivity contribution is -0.122. The summed E-state index contributed by atoms with van der Waals surface area (Å²) in [7, 11) is 0. The molecule has 1 aliphatic heterocycles. The molecule has 6 heteroatoms. The zero-order valence-corrected chi connectivity index (χ0v) is 16.3. The zero-order chi connectivity index (χ0) is 18.4. The highest BCUT2D eigenvalue weighted by molar-refractivity contribution is 7.10. The van der Waals surface area contributed by atoms with Crippen LogP contribution in [0.25, 0.3) is 0 Å². The van der Waals surface area contributed by atoms with Crippen molar-refractivity contribution in [2.24, 2.45) is 0 Å². The van der Waals surface area contributed by atoms with E-state index in [1.54, 1.807) is 11.3 Å². The van der Waals surface area contributed by atoms with E-state index in [0.717, 1.165) is 37.6 Å². The molecular weight excluding hydrogens is 346 g/mol. The van der Waals surface area contributed by atoms with Gasteiger partial charge in [-0.25, -0.2) is 0 Å². The molecule has 1 aromatic carbocycles. The maximum atomic E-state index is 12.3. The lowest BCUT2D eigenvalue weighted by Gasteiger charge is -2.36. The molecule has 1 aliphatic rings. The Hall–Kier alpha value is -2.05. The largest absolute Gasteiger partial charge is 0.492 e. The van der Waals surface area contributed by atoms with Crippen LogP contribution in [0, 0.1) is 0 Å². The molecule has 0 radical (unpaired) electrons. The van der Waals surface area contributed by atoms with Gasteiger partial charge in [0.1, 0.15) is 5.75 Å². The summed E-state index contributed by atoms with van der Waals surface area (Å²) in [6, 6.07) is 12.3. The molecule has 0 unspecified atom stereocenters. The Bertz CT molecular complexity index is 697. The van der Waals surface area contributed by atoms with E-state index >= 15 is 0 Å². The van der Waals surface area contributed by atoms with E-state index in [4.69, 9.17) is 4.74 Å². The van der Waals surface area contributed by atoms with Crippen molar-refractivity contribution in [1.82, 2.24) is 10.2 Å². The van der Waals surface area contributed by atoms with Crippen LogP contribution >= 0.6 is 11.3 Å². The third-order valence-electron chi connectivity index (χ3n) is 4.59. The number of hydrogen-bond acceptors (Lipinski definition) is 5. The second kappa shape index (κ2) is 9.05. The van der Waals surface area contributed by atoms with Gasteiger partial charge in [-0.2, -0.15) is 0 Å². The van der Waals surface area contributed by atoms with Crippen molar-refractivity contribution in [3.05, 3.63) is 46.7 Å². The molecule has 1 aromatic heterocycles. The van der Waals surface area contributed by atoms with Crippen LogP contribution in [-0.4, -0.2) is 50.1 Å². The minimum Gasteiger partial charge on any atom is -0.492 e. The first-order valence-electron chi connectivity index (χ1n) is 9.19. The zero-order valence-electron chi connectivity index (χ0n) is 15.5. The Balaban J connectivity index is 1.49. The Morgan fingerprint density at radius 1 is 1.19 bits per heavy atom. The molecule has 1 atom stereocenters. The number of benzene rings is 1. The highest BCUT2D eigenvalue weighted by atomic mass is 32.1. The van der Waals surface area contributed by atoms with E-state index in [1.165, 1.54) is 4.88 Å². The molecule has 3 rings (SSSR count). The van der Waals surface area contributed by atoms with E-state index in [0.29, 0.717) is 13.2 Å². The third kappa shape index (κ3) is 4.77. The van der Waals surface area contributed by atoms with E-state index in [9.17, 15) is 4.79 Å². The highest BCUT2D eigenvalue weighted by Crippen LogP contribution is 2.28. The fourth-order valence-corrected chi connectivity index (χ4v) is 3.98. The smallest absolute Gasteiger partial charge is 0.234 e. The molecule has 1 amide bonds. The minimum absolute atomic E-state index is 0.0712.